The number of aromatic nitrogens is 3. The van der Waals surface area contributed by atoms with Crippen LogP contribution >= 0.6 is 0 Å². The molecule has 1 aromatic heterocycles. The topological polar surface area (TPSA) is 96.7 Å². The van der Waals surface area contributed by atoms with Crippen LogP contribution in [0.1, 0.15) is 26.7 Å². The number of carbonyl (C=O) groups is 1. The fourth-order valence-corrected chi connectivity index (χ4v) is 3.14. The summed E-state index contributed by atoms with van der Waals surface area (Å²) < 4.78 is 0. The number of nitrogens with one attached hydrogen (secondary N) is 2. The minimum absolute atomic E-state index is 0.129. The van der Waals surface area contributed by atoms with E-state index in [0.29, 0.717) is 16.9 Å². The first-order valence-corrected chi connectivity index (χ1v) is 7.47. The average Bonchev–Trinajstić information content (AvgIpc) is 2.98. The van der Waals surface area contributed by atoms with Crippen molar-refractivity contribution in [2.24, 2.45) is 17.1 Å². The monoisotopic (exact) mass is 299 g/mol. The van der Waals surface area contributed by atoms with Crippen LogP contribution in [0.4, 0.5) is 5.69 Å². The SMILES string of the molecule is CC1(C)CC(C(N)C(=O)Nc2cccc(-c3ncn[nH]3)c2)C1. The van der Waals surface area contributed by atoms with Crippen molar-refractivity contribution in [1.82, 2.24) is 15.2 Å². The highest BCUT2D eigenvalue weighted by molar-refractivity contribution is 5.95. The Bertz CT molecular complexity index is 657. The first-order chi connectivity index (χ1) is 10.4. The Labute approximate surface area is 129 Å². The number of H-pyrrole nitrogens is 1. The van der Waals surface area contributed by atoms with Gasteiger partial charge in [0.05, 0.1) is 6.04 Å². The third-order valence-electron chi connectivity index (χ3n) is 4.26. The lowest BCUT2D eigenvalue weighted by molar-refractivity contribution is -0.120. The molecule has 1 saturated carbocycles. The number of anilines is 1. The fraction of sp³-hybridized carbons (Fsp3) is 0.438. The maximum absolute atomic E-state index is 12.3. The first-order valence-electron chi connectivity index (χ1n) is 7.47. The number of nitrogens with zero attached hydrogens (tertiary/aromatic N) is 2. The van der Waals surface area contributed by atoms with Crippen molar-refractivity contribution in [1.29, 1.82) is 0 Å². The summed E-state index contributed by atoms with van der Waals surface area (Å²) in [5, 5.41) is 9.53. The van der Waals surface area contributed by atoms with Crippen molar-refractivity contribution in [3.05, 3.63) is 30.6 Å². The van der Waals surface area contributed by atoms with Crippen molar-refractivity contribution in [2.45, 2.75) is 32.7 Å². The molecule has 2 aromatic rings. The van der Waals surface area contributed by atoms with E-state index in [1.54, 1.807) is 0 Å². The Hall–Kier alpha value is -2.21. The van der Waals surface area contributed by atoms with E-state index in [1.165, 1.54) is 6.33 Å². The van der Waals surface area contributed by atoms with Gasteiger partial charge in [0, 0.05) is 11.3 Å². The molecule has 4 N–H and O–H groups in total. The molecule has 0 aliphatic heterocycles. The van der Waals surface area contributed by atoms with Crippen molar-refractivity contribution < 1.29 is 4.79 Å². The third kappa shape index (κ3) is 3.01. The number of carbonyl (C=O) groups excluding carboxylic acids is 1. The summed E-state index contributed by atoms with van der Waals surface area (Å²) in [6.07, 6.45) is 3.45. The van der Waals surface area contributed by atoms with E-state index in [2.05, 4.69) is 34.3 Å². The molecule has 3 rings (SSSR count). The van der Waals surface area contributed by atoms with Crippen LogP contribution < -0.4 is 11.1 Å². The summed E-state index contributed by atoms with van der Waals surface area (Å²) in [6, 6.07) is 7.02. The zero-order valence-electron chi connectivity index (χ0n) is 12.8. The lowest BCUT2D eigenvalue weighted by Crippen LogP contribution is -2.49. The lowest BCUT2D eigenvalue weighted by atomic mass is 9.62. The van der Waals surface area contributed by atoms with E-state index in [0.717, 1.165) is 18.4 Å². The number of amides is 1. The van der Waals surface area contributed by atoms with Crippen LogP contribution in [0.2, 0.25) is 0 Å². The van der Waals surface area contributed by atoms with Gasteiger partial charge in [-0.05, 0) is 36.3 Å². The molecule has 6 heteroatoms. The van der Waals surface area contributed by atoms with Crippen LogP contribution in [-0.2, 0) is 4.79 Å². The Morgan fingerprint density at radius 1 is 1.45 bits per heavy atom. The molecule has 1 aromatic carbocycles. The Balaban J connectivity index is 1.66. The zero-order valence-corrected chi connectivity index (χ0v) is 12.8. The molecule has 1 heterocycles. The van der Waals surface area contributed by atoms with Crippen LogP contribution in [0, 0.1) is 11.3 Å². The van der Waals surface area contributed by atoms with Crippen molar-refractivity contribution >= 4 is 11.6 Å². The summed E-state index contributed by atoms with van der Waals surface area (Å²) in [5.41, 5.74) is 7.98. The van der Waals surface area contributed by atoms with Crippen LogP contribution in [0.25, 0.3) is 11.4 Å². The van der Waals surface area contributed by atoms with Crippen molar-refractivity contribution in [3.63, 3.8) is 0 Å². The molecule has 1 unspecified atom stereocenters. The van der Waals surface area contributed by atoms with Gasteiger partial charge >= 0.3 is 0 Å². The summed E-state index contributed by atoms with van der Waals surface area (Å²) in [6.45, 7) is 4.41. The lowest BCUT2D eigenvalue weighted by Gasteiger charge is -2.44. The maximum atomic E-state index is 12.3. The van der Waals surface area contributed by atoms with Gasteiger partial charge in [-0.25, -0.2) is 4.98 Å². The second kappa shape index (κ2) is 5.53. The van der Waals surface area contributed by atoms with Gasteiger partial charge in [-0.3, -0.25) is 9.89 Å². The van der Waals surface area contributed by atoms with Gasteiger partial charge in [-0.1, -0.05) is 26.0 Å². The molecular formula is C16H21N5O. The minimum atomic E-state index is -0.457. The number of aromatic amines is 1. The normalized spacial score (nSPS) is 18.5. The Morgan fingerprint density at radius 3 is 2.86 bits per heavy atom. The Kier molecular flexibility index (Phi) is 3.70. The van der Waals surface area contributed by atoms with Gasteiger partial charge in [-0.2, -0.15) is 5.10 Å². The molecule has 0 bridgehead atoms. The number of benzene rings is 1. The first kappa shape index (κ1) is 14.7. The highest BCUT2D eigenvalue weighted by Gasteiger charge is 2.41. The summed E-state index contributed by atoms with van der Waals surface area (Å²) in [5.74, 6) is 0.809. The fourth-order valence-electron chi connectivity index (χ4n) is 3.14. The molecule has 1 aliphatic rings. The minimum Gasteiger partial charge on any atom is -0.325 e. The standard InChI is InChI=1S/C16H21N5O/c1-16(2)7-11(8-16)13(17)15(22)20-12-5-3-4-10(6-12)14-18-9-19-21-14/h3-6,9,11,13H,7-8,17H2,1-2H3,(H,20,22)(H,18,19,21). The van der Waals surface area contributed by atoms with Gasteiger partial charge in [-0.15, -0.1) is 0 Å². The molecular weight excluding hydrogens is 278 g/mol. The van der Waals surface area contributed by atoms with Crippen LogP contribution in [0.3, 0.4) is 0 Å². The van der Waals surface area contributed by atoms with E-state index in [1.807, 2.05) is 24.3 Å². The van der Waals surface area contributed by atoms with Gasteiger partial charge < -0.3 is 11.1 Å². The quantitative estimate of drug-likeness (QED) is 0.806. The highest BCUT2D eigenvalue weighted by atomic mass is 16.2. The molecule has 22 heavy (non-hydrogen) atoms. The maximum Gasteiger partial charge on any atom is 0.241 e. The van der Waals surface area contributed by atoms with Crippen molar-refractivity contribution in [2.75, 3.05) is 5.32 Å². The molecule has 1 atom stereocenters. The number of rotatable bonds is 4. The van der Waals surface area contributed by atoms with Crippen LogP contribution in [0.15, 0.2) is 30.6 Å². The highest BCUT2D eigenvalue weighted by Crippen LogP contribution is 2.46. The summed E-state index contributed by atoms with van der Waals surface area (Å²) in [7, 11) is 0. The average molecular weight is 299 g/mol. The molecule has 0 radical (unpaired) electrons. The second-order valence-corrected chi connectivity index (χ2v) is 6.76. The smallest absolute Gasteiger partial charge is 0.241 e. The van der Waals surface area contributed by atoms with E-state index in [-0.39, 0.29) is 11.8 Å². The number of hydrogen-bond donors (Lipinski definition) is 3. The molecule has 1 aliphatic carbocycles. The van der Waals surface area contributed by atoms with Gasteiger partial charge in [0.25, 0.3) is 0 Å². The number of nitrogens with two attached hydrogens (primary N) is 1. The van der Waals surface area contributed by atoms with Gasteiger partial charge in [0.1, 0.15) is 6.33 Å². The zero-order chi connectivity index (χ0) is 15.7. The van der Waals surface area contributed by atoms with E-state index in [4.69, 9.17) is 5.73 Å². The Morgan fingerprint density at radius 2 is 2.23 bits per heavy atom. The predicted octanol–water partition coefficient (Wildman–Crippen LogP) is 2.17. The van der Waals surface area contributed by atoms with E-state index >= 15 is 0 Å². The van der Waals surface area contributed by atoms with Crippen LogP contribution in [0.5, 0.6) is 0 Å². The molecule has 6 nitrogen and oxygen atoms in total. The molecule has 116 valence electrons. The predicted molar refractivity (Wildman–Crippen MR) is 84.9 cm³/mol. The summed E-state index contributed by atoms with van der Waals surface area (Å²) in [4.78, 5) is 16.4. The van der Waals surface area contributed by atoms with Crippen LogP contribution in [-0.4, -0.2) is 27.1 Å². The molecule has 1 amide bonds. The second-order valence-electron chi connectivity index (χ2n) is 6.76. The molecule has 0 spiro atoms. The number of hydrogen-bond acceptors (Lipinski definition) is 4. The molecule has 0 saturated heterocycles. The van der Waals surface area contributed by atoms with Crippen molar-refractivity contribution in [3.8, 4) is 11.4 Å². The van der Waals surface area contributed by atoms with Gasteiger partial charge in [0.15, 0.2) is 5.82 Å². The largest absolute Gasteiger partial charge is 0.325 e. The van der Waals surface area contributed by atoms with E-state index in [9.17, 15) is 4.79 Å². The molecule has 1 fully saturated rings. The third-order valence-corrected chi connectivity index (χ3v) is 4.26. The van der Waals surface area contributed by atoms with E-state index < -0.39 is 6.04 Å². The van der Waals surface area contributed by atoms with Gasteiger partial charge in [0.2, 0.25) is 5.91 Å². The summed E-state index contributed by atoms with van der Waals surface area (Å²) >= 11 is 0.